The monoisotopic (exact) mass is 1280 g/mol. The molecule has 0 N–H and O–H groups in total. The molecule has 0 radical (unpaired) electrons. The fourth-order valence-corrected chi connectivity index (χ4v) is 21.1. The fraction of sp³-hybridized carbons (Fsp3) is 0.169. The van der Waals surface area contributed by atoms with Crippen LogP contribution in [0.2, 0.25) is 0 Å². The molecular formula is C89H80BN3OSSi. The number of fused-ring (bicyclic) bond motifs is 9. The van der Waals surface area contributed by atoms with E-state index in [1.807, 2.05) is 23.5 Å². The molecule has 96 heavy (non-hydrogen) atoms. The molecule has 4 nitrogen and oxygen atoms in total. The van der Waals surface area contributed by atoms with E-state index in [1.54, 1.807) is 0 Å². The van der Waals surface area contributed by atoms with Gasteiger partial charge >= 0.3 is 0 Å². The first kappa shape index (κ1) is 56.4. The van der Waals surface area contributed by atoms with Crippen molar-refractivity contribution in [1.82, 2.24) is 0 Å². The fourth-order valence-electron chi connectivity index (χ4n) is 15.1. The molecule has 0 saturated carbocycles. The highest BCUT2D eigenvalue weighted by Gasteiger charge is 2.50. The van der Waals surface area contributed by atoms with Crippen molar-refractivity contribution in [2.45, 2.75) is 99.3 Å². The number of furan rings is 1. The summed E-state index contributed by atoms with van der Waals surface area (Å²) in [7, 11) is -3.48. The van der Waals surface area contributed by atoms with Crippen LogP contribution in [0.25, 0.3) is 43.2 Å². The highest BCUT2D eigenvalue weighted by molar-refractivity contribution is 7.33. The third-order valence-electron chi connectivity index (χ3n) is 20.2. The molecule has 0 bridgehead atoms. The van der Waals surface area contributed by atoms with Crippen LogP contribution >= 0.6 is 11.3 Å². The van der Waals surface area contributed by atoms with Crippen molar-refractivity contribution in [3.8, 4) is 11.1 Å². The van der Waals surface area contributed by atoms with Crippen LogP contribution in [0, 0.1) is 20.8 Å². The van der Waals surface area contributed by atoms with Gasteiger partial charge in [-0.15, -0.1) is 11.3 Å². The van der Waals surface area contributed by atoms with E-state index < -0.39 is 8.07 Å². The van der Waals surface area contributed by atoms with Gasteiger partial charge in [0.2, 0.25) is 0 Å². The Morgan fingerprint density at radius 1 is 0.448 bits per heavy atom. The Kier molecular flexibility index (Phi) is 13.5. The SMILES string of the molecule is [2H]c1c([2H])c([2H])c2c(oc3c(N4c5cc(N(c6ccc(C(C)(C)C)cc6)c6ccccc6-c6ccccc6)ccc5B5c6sc7ccc(C(C)(C)C)cc7c6N(c6ccc(C(C)(C)C)cc6)c6cc([Si](c7ccc(C)cc7)(c7ccc(C)cc7)c7ccc(C)cc7)cc4c65)cccc32)c1[2H]. The Morgan fingerprint density at radius 3 is 1.61 bits per heavy atom. The van der Waals surface area contributed by atoms with Crippen molar-refractivity contribution in [2.75, 3.05) is 14.7 Å². The Balaban J connectivity index is 1.11. The van der Waals surface area contributed by atoms with Gasteiger partial charge in [-0.1, -0.05) is 267 Å². The number of hydrogen-bond acceptors (Lipinski definition) is 5. The predicted octanol–water partition coefficient (Wildman–Crippen LogP) is 20.2. The molecule has 14 aromatic rings. The number of hydrogen-bond donors (Lipinski definition) is 0. The molecule has 470 valence electrons. The third-order valence-corrected chi connectivity index (χ3v) is 26.2. The molecule has 12 aromatic carbocycles. The maximum Gasteiger partial charge on any atom is 0.264 e. The molecule has 0 fully saturated rings. The van der Waals surface area contributed by atoms with Gasteiger partial charge in [0, 0.05) is 65.3 Å². The Hall–Kier alpha value is -9.92. The zero-order valence-electron chi connectivity index (χ0n) is 60.8. The van der Waals surface area contributed by atoms with E-state index in [-0.39, 0.29) is 52.7 Å². The normalized spacial score (nSPS) is 13.7. The van der Waals surface area contributed by atoms with E-state index in [1.165, 1.54) is 74.7 Å². The molecule has 7 heteroatoms. The summed E-state index contributed by atoms with van der Waals surface area (Å²) in [6, 6.07) is 90.4. The van der Waals surface area contributed by atoms with Crippen LogP contribution in [0.15, 0.2) is 271 Å². The molecule has 0 aliphatic carbocycles. The average molecular weight is 1280 g/mol. The molecular weight excluding hydrogens is 1200 g/mol. The smallest absolute Gasteiger partial charge is 0.264 e. The number of rotatable bonds is 10. The first-order valence-electron chi connectivity index (χ1n) is 35.7. The zero-order chi connectivity index (χ0) is 69.6. The molecule has 16 rings (SSSR count). The number of para-hydroxylation sites is 3. The topological polar surface area (TPSA) is 22.9 Å². The lowest BCUT2D eigenvalue weighted by atomic mass is 9.36. The largest absolute Gasteiger partial charge is 0.454 e. The van der Waals surface area contributed by atoms with Gasteiger partial charge in [0.05, 0.1) is 22.5 Å². The van der Waals surface area contributed by atoms with E-state index in [0.29, 0.717) is 22.0 Å². The van der Waals surface area contributed by atoms with Crippen LogP contribution < -0.4 is 51.1 Å². The third kappa shape index (κ3) is 10.1. The first-order chi connectivity index (χ1) is 47.9. The first-order valence-corrected chi connectivity index (χ1v) is 36.5. The number of benzene rings is 12. The highest BCUT2D eigenvalue weighted by atomic mass is 32.1. The quantitative estimate of drug-likeness (QED) is 0.101. The summed E-state index contributed by atoms with van der Waals surface area (Å²) in [6.07, 6.45) is 0. The molecule has 0 amide bonds. The molecule has 2 aromatic heterocycles. The number of nitrogens with zero attached hydrogens (tertiary/aromatic N) is 3. The lowest BCUT2D eigenvalue weighted by Gasteiger charge is -2.45. The van der Waals surface area contributed by atoms with Crippen LogP contribution in [0.1, 0.15) is 101 Å². The van der Waals surface area contributed by atoms with Crippen molar-refractivity contribution in [1.29, 1.82) is 0 Å². The van der Waals surface area contributed by atoms with Crippen LogP contribution in [0.3, 0.4) is 0 Å². The molecule has 2 aliphatic heterocycles. The Morgan fingerprint density at radius 2 is 1.00 bits per heavy atom. The van der Waals surface area contributed by atoms with Crippen molar-refractivity contribution in [3.63, 3.8) is 0 Å². The second-order valence-electron chi connectivity index (χ2n) is 29.7. The van der Waals surface area contributed by atoms with Gasteiger partial charge in [-0.05, 0) is 170 Å². The van der Waals surface area contributed by atoms with Crippen LogP contribution in [-0.4, -0.2) is 14.8 Å². The number of anilines is 9. The molecule has 0 atom stereocenters. The minimum Gasteiger partial charge on any atom is -0.454 e. The minimum absolute atomic E-state index is 0.0870. The lowest BCUT2D eigenvalue weighted by Crippen LogP contribution is -2.75. The van der Waals surface area contributed by atoms with Gasteiger partial charge in [0.15, 0.2) is 13.7 Å². The van der Waals surface area contributed by atoms with E-state index >= 15 is 0 Å². The van der Waals surface area contributed by atoms with E-state index in [2.05, 4.69) is 328 Å². The highest BCUT2D eigenvalue weighted by Crippen LogP contribution is 2.52. The molecule has 4 heterocycles. The van der Waals surface area contributed by atoms with Crippen molar-refractivity contribution >= 4 is 146 Å². The maximum atomic E-state index is 9.55. The van der Waals surface area contributed by atoms with Crippen molar-refractivity contribution < 1.29 is 9.90 Å². The number of thiophene rings is 1. The summed E-state index contributed by atoms with van der Waals surface area (Å²) in [6.45, 7) is 26.8. The standard InChI is InChI=1S/C89H80BN3OSSi/c1-57-29-45-67(46-30-57)96(68-47-31-58(2)32-48-68,69-49-33-59(3)34-50-69)70-55-79-83-80(56-70)93(77-27-20-25-73-72-24-17-19-28-81(72)94-85(73)77)78-54-66(91(64-40-35-61(36-41-64)87(4,5)6)76-26-18-16-23-71(76)60-21-14-13-15-22-60)44-51-75(78)90(83)86-84(74-53-63(89(10,11)12)39-52-82(74)95-86)92(79)65-42-37-62(38-43-65)88(7,8)9/h13-56H,1-12H3/i17D,19D,24D,28D. The van der Waals surface area contributed by atoms with Crippen LogP contribution in [0.4, 0.5) is 51.2 Å². The van der Waals surface area contributed by atoms with Gasteiger partial charge in [-0.25, -0.2) is 0 Å². The van der Waals surface area contributed by atoms with Crippen LogP contribution in [0.5, 0.6) is 0 Å². The second-order valence-corrected chi connectivity index (χ2v) is 34.6. The zero-order valence-corrected chi connectivity index (χ0v) is 58.6. The summed E-state index contributed by atoms with van der Waals surface area (Å²) < 4.78 is 46.7. The van der Waals surface area contributed by atoms with Gasteiger partial charge in [0.25, 0.3) is 6.71 Å². The van der Waals surface area contributed by atoms with Crippen LogP contribution in [-0.2, 0) is 16.2 Å². The molecule has 0 saturated heterocycles. The van der Waals surface area contributed by atoms with E-state index in [4.69, 9.17) is 7.16 Å². The Labute approximate surface area is 577 Å². The maximum absolute atomic E-state index is 9.55. The predicted molar refractivity (Wildman–Crippen MR) is 417 cm³/mol. The average Bonchev–Trinajstić information content (AvgIpc) is 1.22. The molecule has 0 spiro atoms. The minimum atomic E-state index is -3.48. The number of aryl methyl sites for hydroxylation is 3. The van der Waals surface area contributed by atoms with E-state index in [9.17, 15) is 2.74 Å². The Bertz CT molecular complexity index is 5460. The van der Waals surface area contributed by atoms with Gasteiger partial charge in [-0.2, -0.15) is 0 Å². The van der Waals surface area contributed by atoms with Crippen molar-refractivity contribution in [3.05, 3.63) is 300 Å². The molecule has 0 unspecified atom stereocenters. The summed E-state index contributed by atoms with van der Waals surface area (Å²) >= 11 is 1.89. The van der Waals surface area contributed by atoms with Gasteiger partial charge in [-0.3, -0.25) is 0 Å². The summed E-state index contributed by atoms with van der Waals surface area (Å²) in [5.41, 5.74) is 20.9. The van der Waals surface area contributed by atoms with E-state index in [0.717, 1.165) is 61.9 Å². The summed E-state index contributed by atoms with van der Waals surface area (Å²) in [5, 5.41) is 7.10. The summed E-state index contributed by atoms with van der Waals surface area (Å²) in [5.74, 6) is 0. The molecule has 2 aliphatic rings. The summed E-state index contributed by atoms with van der Waals surface area (Å²) in [4.78, 5) is 7.47. The van der Waals surface area contributed by atoms with Gasteiger partial charge < -0.3 is 19.1 Å². The lowest BCUT2D eigenvalue weighted by molar-refractivity contribution is 0.590. The second kappa shape index (κ2) is 22.9. The van der Waals surface area contributed by atoms with Gasteiger partial charge in [0.1, 0.15) is 5.58 Å². The van der Waals surface area contributed by atoms with Crippen molar-refractivity contribution in [2.24, 2.45) is 0 Å².